The van der Waals surface area contributed by atoms with E-state index in [1.54, 1.807) is 36.8 Å². The zero-order valence-electron chi connectivity index (χ0n) is 23.7. The highest BCUT2D eigenvalue weighted by molar-refractivity contribution is 5.92. The largest absolute Gasteiger partial charge is 0.438 e. The number of primary amides is 1. The van der Waals surface area contributed by atoms with Crippen molar-refractivity contribution in [3.63, 3.8) is 0 Å². The third kappa shape index (κ3) is 6.97. The quantitative estimate of drug-likeness (QED) is 0.251. The van der Waals surface area contributed by atoms with Crippen LogP contribution in [0.5, 0.6) is 11.6 Å². The van der Waals surface area contributed by atoms with Gasteiger partial charge in [0, 0.05) is 55.9 Å². The highest BCUT2D eigenvalue weighted by Crippen LogP contribution is 2.35. The van der Waals surface area contributed by atoms with Gasteiger partial charge in [-0.05, 0) is 97.0 Å². The van der Waals surface area contributed by atoms with E-state index in [0.717, 1.165) is 71.6 Å². The number of anilines is 1. The van der Waals surface area contributed by atoms with E-state index < -0.39 is 5.91 Å². The maximum Gasteiger partial charge on any atom is 0.248 e. The van der Waals surface area contributed by atoms with E-state index in [2.05, 4.69) is 20.2 Å². The van der Waals surface area contributed by atoms with Crippen molar-refractivity contribution >= 4 is 17.9 Å². The molecule has 2 aromatic heterocycles. The lowest BCUT2D eigenvalue weighted by Gasteiger charge is -2.32. The topological polar surface area (TPSA) is 130 Å². The molecule has 4 aromatic rings. The summed E-state index contributed by atoms with van der Waals surface area (Å²) in [6, 6.07) is 17.5. The molecule has 42 heavy (non-hydrogen) atoms. The third-order valence-electron chi connectivity index (χ3n) is 7.34. The van der Waals surface area contributed by atoms with Gasteiger partial charge in [0.1, 0.15) is 5.75 Å². The molecule has 3 heterocycles. The molecular formula is C33H33N7O2. The first-order valence-electron chi connectivity index (χ1n) is 13.9. The van der Waals surface area contributed by atoms with Gasteiger partial charge in [-0.25, -0.2) is 4.98 Å². The van der Waals surface area contributed by atoms with Crippen LogP contribution in [0.2, 0.25) is 0 Å². The number of nitrogens with zero attached hydrogens (tertiary/aromatic N) is 5. The van der Waals surface area contributed by atoms with E-state index in [1.807, 2.05) is 56.3 Å². The van der Waals surface area contributed by atoms with Gasteiger partial charge in [-0.3, -0.25) is 14.7 Å². The van der Waals surface area contributed by atoms with E-state index in [0.29, 0.717) is 17.4 Å². The number of amides is 1. The first-order chi connectivity index (χ1) is 20.4. The fourth-order valence-corrected chi connectivity index (χ4v) is 5.16. The molecule has 0 bridgehead atoms. The minimum Gasteiger partial charge on any atom is -0.438 e. The van der Waals surface area contributed by atoms with Crippen LogP contribution in [0.25, 0.3) is 17.2 Å². The van der Waals surface area contributed by atoms with E-state index in [-0.39, 0.29) is 6.04 Å². The first kappa shape index (κ1) is 28.5. The fraction of sp³-hybridized carbons (Fsp3) is 0.242. The van der Waals surface area contributed by atoms with E-state index in [1.165, 1.54) is 6.08 Å². The van der Waals surface area contributed by atoms with Crippen LogP contribution in [0.3, 0.4) is 0 Å². The van der Waals surface area contributed by atoms with Crippen molar-refractivity contribution in [1.29, 1.82) is 5.26 Å². The van der Waals surface area contributed by atoms with E-state index in [4.69, 9.17) is 20.7 Å². The van der Waals surface area contributed by atoms with Crippen molar-refractivity contribution in [2.75, 3.05) is 18.4 Å². The molecule has 0 unspecified atom stereocenters. The van der Waals surface area contributed by atoms with Crippen molar-refractivity contribution < 1.29 is 9.53 Å². The summed E-state index contributed by atoms with van der Waals surface area (Å²) in [6.07, 6.45) is 10.4. The number of aryl methyl sites for hydroxylation is 2. The third-order valence-corrected chi connectivity index (χ3v) is 7.34. The summed E-state index contributed by atoms with van der Waals surface area (Å²) in [6.45, 7) is 6.65. The average Bonchev–Trinajstić information content (AvgIpc) is 3.00. The number of carbonyl (C=O) groups is 1. The van der Waals surface area contributed by atoms with Crippen molar-refractivity contribution in [3.05, 3.63) is 101 Å². The van der Waals surface area contributed by atoms with Gasteiger partial charge in [0.2, 0.25) is 17.7 Å². The Morgan fingerprint density at radius 1 is 1.12 bits per heavy atom. The van der Waals surface area contributed by atoms with Gasteiger partial charge in [-0.1, -0.05) is 12.1 Å². The van der Waals surface area contributed by atoms with Gasteiger partial charge in [0.25, 0.3) is 0 Å². The minimum atomic E-state index is -0.411. The Bertz CT molecular complexity index is 1600. The molecule has 1 aliphatic rings. The second kappa shape index (κ2) is 13.1. The Labute approximate surface area is 245 Å². The molecular weight excluding hydrogens is 526 g/mol. The summed E-state index contributed by atoms with van der Waals surface area (Å²) in [4.78, 5) is 27.3. The van der Waals surface area contributed by atoms with E-state index in [9.17, 15) is 4.79 Å². The summed E-state index contributed by atoms with van der Waals surface area (Å²) in [5, 5.41) is 12.4. The van der Waals surface area contributed by atoms with Crippen molar-refractivity contribution in [2.45, 2.75) is 39.3 Å². The highest BCUT2D eigenvalue weighted by Gasteiger charge is 2.21. The number of hydrogen-bond acceptors (Lipinski definition) is 8. The number of nitrogens with two attached hydrogens (primary N) is 1. The molecule has 212 valence electrons. The number of allylic oxidation sites excluding steroid dienone is 1. The molecule has 0 spiro atoms. The Morgan fingerprint density at radius 3 is 2.45 bits per heavy atom. The molecule has 9 nitrogen and oxygen atoms in total. The maximum absolute atomic E-state index is 11.3. The molecule has 0 radical (unpaired) electrons. The minimum absolute atomic E-state index is 0.229. The maximum atomic E-state index is 11.3. The molecule has 5 rings (SSSR count). The SMILES string of the molecule is Cc1cc(/C=C/C#N)cc(C)c1Oc1nc(NC2CCN(Cc3ccc(C(N)=O)cc3)CC2)ncc1-c1ccncc1. The summed E-state index contributed by atoms with van der Waals surface area (Å²) in [5.41, 5.74) is 11.5. The van der Waals surface area contributed by atoms with Gasteiger partial charge in [-0.2, -0.15) is 10.2 Å². The van der Waals surface area contributed by atoms with Crippen molar-refractivity contribution in [3.8, 4) is 28.8 Å². The van der Waals surface area contributed by atoms with Gasteiger partial charge >= 0.3 is 0 Å². The second-order valence-electron chi connectivity index (χ2n) is 10.5. The van der Waals surface area contributed by atoms with Gasteiger partial charge in [0.05, 0.1) is 11.6 Å². The first-order valence-corrected chi connectivity index (χ1v) is 13.9. The number of nitriles is 1. The number of hydrogen-bond donors (Lipinski definition) is 2. The number of piperidine rings is 1. The number of rotatable bonds is 9. The van der Waals surface area contributed by atoms with Gasteiger partial charge in [-0.15, -0.1) is 0 Å². The number of ether oxygens (including phenoxy) is 1. The molecule has 2 aromatic carbocycles. The zero-order valence-corrected chi connectivity index (χ0v) is 23.7. The Hall–Kier alpha value is -5.07. The van der Waals surface area contributed by atoms with Crippen LogP contribution in [0, 0.1) is 25.2 Å². The van der Waals surface area contributed by atoms with Crippen LogP contribution in [0.4, 0.5) is 5.95 Å². The number of nitrogens with one attached hydrogen (secondary N) is 1. The predicted molar refractivity (Wildman–Crippen MR) is 163 cm³/mol. The standard InChI is InChI=1S/C33H33N7O2/c1-22-18-25(4-3-13-34)19-23(2)30(22)42-32-29(26-9-14-36-15-10-26)20-37-33(39-32)38-28-11-16-40(17-12-28)21-24-5-7-27(8-6-24)31(35)41/h3-10,14-15,18-20,28H,11-12,16-17,21H2,1-2H3,(H2,35,41)(H,37,38,39)/b4-3+. The predicted octanol–water partition coefficient (Wildman–Crippen LogP) is 5.66. The molecule has 0 atom stereocenters. The van der Waals surface area contributed by atoms with Crippen LogP contribution in [-0.4, -0.2) is 44.9 Å². The molecule has 0 saturated carbocycles. The van der Waals surface area contributed by atoms with Crippen LogP contribution >= 0.6 is 0 Å². The monoisotopic (exact) mass is 559 g/mol. The van der Waals surface area contributed by atoms with Gasteiger partial charge in [0.15, 0.2) is 0 Å². The molecule has 0 aliphatic carbocycles. The van der Waals surface area contributed by atoms with Crippen molar-refractivity contribution in [2.24, 2.45) is 5.73 Å². The zero-order chi connectivity index (χ0) is 29.5. The smallest absolute Gasteiger partial charge is 0.248 e. The van der Waals surface area contributed by atoms with Crippen LogP contribution < -0.4 is 15.8 Å². The highest BCUT2D eigenvalue weighted by atomic mass is 16.5. The number of likely N-dealkylation sites (tertiary alicyclic amines) is 1. The van der Waals surface area contributed by atoms with E-state index >= 15 is 0 Å². The second-order valence-corrected chi connectivity index (χ2v) is 10.5. The number of benzene rings is 2. The normalized spacial score (nSPS) is 14.0. The molecule has 1 aliphatic heterocycles. The Balaban J connectivity index is 1.30. The van der Waals surface area contributed by atoms with Crippen molar-refractivity contribution in [1.82, 2.24) is 19.9 Å². The molecule has 1 amide bonds. The average molecular weight is 560 g/mol. The van der Waals surface area contributed by atoms with Gasteiger partial charge < -0.3 is 15.8 Å². The Kier molecular flexibility index (Phi) is 8.85. The van der Waals surface area contributed by atoms with Crippen LogP contribution in [0.1, 0.15) is 45.5 Å². The van der Waals surface area contributed by atoms with Crippen LogP contribution in [0.15, 0.2) is 73.2 Å². The Morgan fingerprint density at radius 2 is 1.81 bits per heavy atom. The summed E-state index contributed by atoms with van der Waals surface area (Å²) in [7, 11) is 0. The lowest BCUT2D eigenvalue weighted by Crippen LogP contribution is -2.39. The molecule has 1 fully saturated rings. The lowest BCUT2D eigenvalue weighted by atomic mass is 10.0. The number of carbonyl (C=O) groups excluding carboxylic acids is 1. The molecule has 3 N–H and O–H groups in total. The summed E-state index contributed by atoms with van der Waals surface area (Å²) in [5.74, 6) is 1.29. The summed E-state index contributed by atoms with van der Waals surface area (Å²) >= 11 is 0. The fourth-order valence-electron chi connectivity index (χ4n) is 5.16. The summed E-state index contributed by atoms with van der Waals surface area (Å²) < 4.78 is 6.48. The molecule has 1 saturated heterocycles. The molecule has 9 heteroatoms. The lowest BCUT2D eigenvalue weighted by molar-refractivity contribution is 0.1000. The van der Waals surface area contributed by atoms with Crippen LogP contribution in [-0.2, 0) is 6.54 Å². The number of aromatic nitrogens is 3. The number of pyridine rings is 1.